The highest BCUT2D eigenvalue weighted by Crippen LogP contribution is 2.60. The van der Waals surface area contributed by atoms with Crippen LogP contribution in [0.3, 0.4) is 0 Å². The van der Waals surface area contributed by atoms with Crippen LogP contribution in [-0.4, -0.2) is 18.4 Å². The van der Waals surface area contributed by atoms with E-state index in [-0.39, 0.29) is 4.90 Å². The molecule has 0 spiro atoms. The Hall–Kier alpha value is -2.67. The van der Waals surface area contributed by atoms with E-state index in [4.69, 9.17) is 4.74 Å². The molecule has 0 aliphatic carbocycles. The van der Waals surface area contributed by atoms with Crippen molar-refractivity contribution in [3.8, 4) is 0 Å². The molecule has 6 heteroatoms. The zero-order valence-electron chi connectivity index (χ0n) is 16.2. The van der Waals surface area contributed by atoms with Gasteiger partial charge in [-0.05, 0) is 37.6 Å². The van der Waals surface area contributed by atoms with Crippen molar-refractivity contribution >= 4 is 15.7 Å². The minimum Gasteiger partial charge on any atom is -0.363 e. The van der Waals surface area contributed by atoms with E-state index in [9.17, 15) is 8.42 Å². The molecule has 0 radical (unpaired) electrons. The van der Waals surface area contributed by atoms with Crippen molar-refractivity contribution in [1.29, 1.82) is 0 Å². The molecule has 5 rings (SSSR count). The smallest absolute Gasteiger partial charge is 0.247 e. The van der Waals surface area contributed by atoms with Gasteiger partial charge in [0.2, 0.25) is 10.0 Å². The first-order valence-corrected chi connectivity index (χ1v) is 11.0. The third kappa shape index (κ3) is 2.43. The molecular weight excluding hydrogens is 384 g/mol. The molecule has 3 aromatic carbocycles. The van der Waals surface area contributed by atoms with Crippen molar-refractivity contribution in [2.75, 3.05) is 5.32 Å². The Morgan fingerprint density at radius 2 is 1.45 bits per heavy atom. The van der Waals surface area contributed by atoms with Crippen molar-refractivity contribution in [1.82, 2.24) is 4.31 Å². The van der Waals surface area contributed by atoms with Gasteiger partial charge in [0.05, 0.1) is 4.90 Å². The molecule has 0 bridgehead atoms. The first kappa shape index (κ1) is 18.4. The molecule has 2 heterocycles. The molecule has 29 heavy (non-hydrogen) atoms. The van der Waals surface area contributed by atoms with E-state index in [1.807, 2.05) is 74.5 Å². The van der Waals surface area contributed by atoms with Gasteiger partial charge < -0.3 is 10.1 Å². The van der Waals surface area contributed by atoms with Crippen molar-refractivity contribution in [2.24, 2.45) is 0 Å². The fraction of sp³-hybridized carbons (Fsp3) is 0.217. The van der Waals surface area contributed by atoms with Crippen molar-refractivity contribution in [2.45, 2.75) is 36.2 Å². The van der Waals surface area contributed by atoms with Gasteiger partial charge in [-0.15, -0.1) is 4.31 Å². The molecule has 1 saturated heterocycles. The first-order valence-electron chi connectivity index (χ1n) is 9.58. The number of hydrogen-bond donors (Lipinski definition) is 1. The number of nitrogens with zero attached hydrogens (tertiary/aromatic N) is 1. The van der Waals surface area contributed by atoms with E-state index in [0.29, 0.717) is 0 Å². The van der Waals surface area contributed by atoms with Crippen LogP contribution >= 0.6 is 0 Å². The van der Waals surface area contributed by atoms with Crippen LogP contribution in [0.4, 0.5) is 5.69 Å². The van der Waals surface area contributed by atoms with Crippen LogP contribution in [0.15, 0.2) is 89.8 Å². The summed E-state index contributed by atoms with van der Waals surface area (Å²) < 4.78 is 35.8. The van der Waals surface area contributed by atoms with Crippen LogP contribution in [0.2, 0.25) is 0 Å². The van der Waals surface area contributed by atoms with E-state index >= 15 is 0 Å². The third-order valence-electron chi connectivity index (χ3n) is 6.13. The Kier molecular flexibility index (Phi) is 3.90. The van der Waals surface area contributed by atoms with Crippen LogP contribution in [0.25, 0.3) is 0 Å². The minimum absolute atomic E-state index is 0.243. The van der Waals surface area contributed by atoms with Crippen LogP contribution in [0, 0.1) is 0 Å². The number of nitrogens with one attached hydrogen (secondary N) is 1. The SMILES string of the molecule is C[C@]12O[C@H](c3ccccc3)N(S(=O)(=O)c3ccccc3)[C@@]1(C)Nc1ccccc12. The number of fused-ring (bicyclic) bond motifs is 3. The highest BCUT2D eigenvalue weighted by Gasteiger charge is 2.68. The van der Waals surface area contributed by atoms with Crippen molar-refractivity contribution < 1.29 is 13.2 Å². The van der Waals surface area contributed by atoms with Gasteiger partial charge >= 0.3 is 0 Å². The summed E-state index contributed by atoms with van der Waals surface area (Å²) in [5.41, 5.74) is 0.785. The number of benzene rings is 3. The second-order valence-electron chi connectivity index (χ2n) is 7.77. The summed E-state index contributed by atoms with van der Waals surface area (Å²) in [6.07, 6.45) is -0.753. The number of anilines is 1. The molecule has 0 amide bonds. The molecule has 1 N–H and O–H groups in total. The summed E-state index contributed by atoms with van der Waals surface area (Å²) in [6, 6.07) is 25.9. The number of ether oxygens (including phenoxy) is 1. The van der Waals surface area contributed by atoms with Crippen LogP contribution in [0.5, 0.6) is 0 Å². The quantitative estimate of drug-likeness (QED) is 0.698. The van der Waals surface area contributed by atoms with Crippen molar-refractivity contribution in [3.63, 3.8) is 0 Å². The lowest BCUT2D eigenvalue weighted by atomic mass is 9.88. The molecule has 0 unspecified atom stereocenters. The Morgan fingerprint density at radius 3 is 2.14 bits per heavy atom. The Morgan fingerprint density at radius 1 is 0.862 bits per heavy atom. The zero-order valence-corrected chi connectivity index (χ0v) is 17.1. The van der Waals surface area contributed by atoms with E-state index in [1.165, 1.54) is 4.31 Å². The molecule has 0 saturated carbocycles. The van der Waals surface area contributed by atoms with E-state index in [2.05, 4.69) is 5.32 Å². The van der Waals surface area contributed by atoms with Gasteiger partial charge in [-0.2, -0.15) is 0 Å². The molecular formula is C23H22N2O3S. The predicted octanol–water partition coefficient (Wildman–Crippen LogP) is 4.46. The van der Waals surface area contributed by atoms with E-state index in [0.717, 1.165) is 16.8 Å². The molecule has 5 nitrogen and oxygen atoms in total. The molecule has 148 valence electrons. The maximum absolute atomic E-state index is 13.9. The lowest BCUT2D eigenvalue weighted by Crippen LogP contribution is -2.56. The van der Waals surface area contributed by atoms with E-state index in [1.54, 1.807) is 24.3 Å². The number of para-hydroxylation sites is 1. The molecule has 3 aromatic rings. The summed E-state index contributed by atoms with van der Waals surface area (Å²) in [5.74, 6) is 0. The van der Waals surface area contributed by atoms with E-state index < -0.39 is 27.5 Å². The Bertz CT molecular complexity index is 1170. The highest BCUT2D eigenvalue weighted by atomic mass is 32.2. The predicted molar refractivity (Wildman–Crippen MR) is 112 cm³/mol. The fourth-order valence-electron chi connectivity index (χ4n) is 4.49. The van der Waals surface area contributed by atoms with Crippen molar-refractivity contribution in [3.05, 3.63) is 96.1 Å². The number of hydrogen-bond acceptors (Lipinski definition) is 4. The average molecular weight is 407 g/mol. The van der Waals surface area contributed by atoms with Gasteiger partial charge in [-0.1, -0.05) is 66.7 Å². The summed E-state index contributed by atoms with van der Waals surface area (Å²) in [6.45, 7) is 3.86. The summed E-state index contributed by atoms with van der Waals surface area (Å²) >= 11 is 0. The van der Waals surface area contributed by atoms with Gasteiger partial charge in [0.1, 0.15) is 11.3 Å². The standard InChI is InChI=1S/C23H22N2O3S/c1-22-19-15-9-10-16-20(19)24-23(22,2)25(21(28-22)17-11-5-3-6-12-17)29(26,27)18-13-7-4-8-14-18/h3-16,21,24H,1-2H3/t21-,22-,23-/m1/s1. The molecule has 1 fully saturated rings. The second-order valence-corrected chi connectivity index (χ2v) is 9.59. The van der Waals surface area contributed by atoms with Gasteiger partial charge in [0, 0.05) is 11.3 Å². The largest absolute Gasteiger partial charge is 0.363 e. The van der Waals surface area contributed by atoms with Gasteiger partial charge in [0.15, 0.2) is 6.23 Å². The Labute approximate surface area is 171 Å². The zero-order chi connectivity index (χ0) is 20.3. The Balaban J connectivity index is 1.74. The molecule has 0 aromatic heterocycles. The highest BCUT2D eigenvalue weighted by molar-refractivity contribution is 7.89. The first-order chi connectivity index (χ1) is 13.9. The molecule has 2 aliphatic rings. The summed E-state index contributed by atoms with van der Waals surface area (Å²) in [7, 11) is -3.86. The summed E-state index contributed by atoms with van der Waals surface area (Å²) in [4.78, 5) is 0.243. The second kappa shape index (κ2) is 6.16. The topological polar surface area (TPSA) is 58.6 Å². The molecule has 3 atom stereocenters. The third-order valence-corrected chi connectivity index (χ3v) is 8.08. The average Bonchev–Trinajstić information content (AvgIpc) is 3.10. The van der Waals surface area contributed by atoms with Gasteiger partial charge in [-0.25, -0.2) is 8.42 Å². The van der Waals surface area contributed by atoms with Crippen LogP contribution in [-0.2, 0) is 20.4 Å². The van der Waals surface area contributed by atoms with Gasteiger partial charge in [-0.3, -0.25) is 0 Å². The number of sulfonamides is 1. The summed E-state index contributed by atoms with van der Waals surface area (Å²) in [5, 5.41) is 3.46. The van der Waals surface area contributed by atoms with Crippen LogP contribution in [0.1, 0.15) is 31.2 Å². The lowest BCUT2D eigenvalue weighted by Gasteiger charge is -2.38. The maximum Gasteiger partial charge on any atom is 0.247 e. The van der Waals surface area contributed by atoms with Crippen LogP contribution < -0.4 is 5.32 Å². The van der Waals surface area contributed by atoms with Gasteiger partial charge in [0.25, 0.3) is 0 Å². The lowest BCUT2D eigenvalue weighted by molar-refractivity contribution is -0.0508. The maximum atomic E-state index is 13.9. The molecule has 2 aliphatic heterocycles. The monoisotopic (exact) mass is 406 g/mol. The normalized spacial score (nSPS) is 28.6. The fourth-order valence-corrected chi connectivity index (χ4v) is 6.34. The number of rotatable bonds is 3. The minimum atomic E-state index is -3.86.